The van der Waals surface area contributed by atoms with E-state index >= 15 is 0 Å². The second kappa shape index (κ2) is 6.31. The average Bonchev–Trinajstić information content (AvgIpc) is 2.45. The molecule has 2 aromatic carbocycles. The highest BCUT2D eigenvalue weighted by Gasteiger charge is 2.14. The van der Waals surface area contributed by atoms with Gasteiger partial charge in [-0.25, -0.2) is 0 Å². The summed E-state index contributed by atoms with van der Waals surface area (Å²) in [5.74, 6) is -0.0876. The molecule has 2 aromatic rings. The van der Waals surface area contributed by atoms with Crippen molar-refractivity contribution < 1.29 is 4.79 Å². The monoisotopic (exact) mass is 301 g/mol. The number of hydrogen-bond donors (Lipinski definition) is 1. The Morgan fingerprint density at radius 3 is 2.24 bits per heavy atom. The lowest BCUT2D eigenvalue weighted by atomic mass is 9.87. The summed E-state index contributed by atoms with van der Waals surface area (Å²) in [4.78, 5) is 12.1. The number of hydrogen-bond acceptors (Lipinski definition) is 1. The molecule has 110 valence electrons. The third kappa shape index (κ3) is 4.08. The maximum Gasteiger partial charge on any atom is 0.251 e. The highest BCUT2D eigenvalue weighted by molar-refractivity contribution is 6.31. The van der Waals surface area contributed by atoms with E-state index in [-0.39, 0.29) is 11.3 Å². The van der Waals surface area contributed by atoms with Gasteiger partial charge >= 0.3 is 0 Å². The Hall–Kier alpha value is -1.80. The van der Waals surface area contributed by atoms with Crippen molar-refractivity contribution in [1.29, 1.82) is 0 Å². The Bertz CT molecular complexity index is 626. The summed E-state index contributed by atoms with van der Waals surface area (Å²) in [6.45, 7) is 6.89. The molecule has 0 saturated carbocycles. The van der Waals surface area contributed by atoms with E-state index in [2.05, 4.69) is 26.1 Å². The van der Waals surface area contributed by atoms with Crippen molar-refractivity contribution in [2.75, 3.05) is 0 Å². The highest BCUT2D eigenvalue weighted by atomic mass is 35.5. The van der Waals surface area contributed by atoms with Crippen LogP contribution < -0.4 is 5.32 Å². The Morgan fingerprint density at radius 1 is 1.05 bits per heavy atom. The van der Waals surface area contributed by atoms with E-state index in [0.717, 1.165) is 5.56 Å². The molecule has 0 saturated heterocycles. The minimum Gasteiger partial charge on any atom is -0.348 e. The fourth-order valence-corrected chi connectivity index (χ4v) is 2.24. The molecule has 0 unspecified atom stereocenters. The van der Waals surface area contributed by atoms with E-state index in [1.807, 2.05) is 48.5 Å². The summed E-state index contributed by atoms with van der Waals surface area (Å²) in [5, 5.41) is 3.56. The number of carbonyl (C=O) groups excluding carboxylic acids is 1. The van der Waals surface area contributed by atoms with Crippen LogP contribution in [0.4, 0.5) is 0 Å². The Balaban J connectivity index is 2.03. The number of amides is 1. The fourth-order valence-electron chi connectivity index (χ4n) is 2.04. The van der Waals surface area contributed by atoms with Crippen molar-refractivity contribution in [1.82, 2.24) is 5.32 Å². The molecular formula is C18H20ClNO. The molecule has 0 spiro atoms. The molecule has 0 fully saturated rings. The number of halogens is 1. The number of carbonyl (C=O) groups is 1. The molecule has 1 amide bonds. The molecule has 0 aromatic heterocycles. The quantitative estimate of drug-likeness (QED) is 0.884. The minimum absolute atomic E-state index is 0.0876. The van der Waals surface area contributed by atoms with Gasteiger partial charge in [0.15, 0.2) is 0 Å². The smallest absolute Gasteiger partial charge is 0.251 e. The third-order valence-corrected chi connectivity index (χ3v) is 3.78. The summed E-state index contributed by atoms with van der Waals surface area (Å²) >= 11 is 6.07. The predicted molar refractivity (Wildman–Crippen MR) is 87.8 cm³/mol. The van der Waals surface area contributed by atoms with Crippen LogP contribution in [0.5, 0.6) is 0 Å². The van der Waals surface area contributed by atoms with E-state index in [4.69, 9.17) is 11.6 Å². The first-order chi connectivity index (χ1) is 9.88. The van der Waals surface area contributed by atoms with Gasteiger partial charge in [0.25, 0.3) is 5.91 Å². The SMILES string of the molecule is CC(C)(C)c1ccc(C(=O)NCc2ccccc2Cl)cc1. The van der Waals surface area contributed by atoms with Gasteiger partial charge in [0.2, 0.25) is 0 Å². The van der Waals surface area contributed by atoms with E-state index < -0.39 is 0 Å². The van der Waals surface area contributed by atoms with Gasteiger partial charge in [-0.2, -0.15) is 0 Å². The summed E-state index contributed by atoms with van der Waals surface area (Å²) in [7, 11) is 0. The van der Waals surface area contributed by atoms with Crippen LogP contribution in [0.25, 0.3) is 0 Å². The van der Waals surface area contributed by atoms with Crippen molar-refractivity contribution in [3.05, 3.63) is 70.2 Å². The van der Waals surface area contributed by atoms with Crippen molar-refractivity contribution in [3.8, 4) is 0 Å². The maximum absolute atomic E-state index is 12.1. The molecule has 1 N–H and O–H groups in total. The lowest BCUT2D eigenvalue weighted by molar-refractivity contribution is 0.0951. The molecule has 21 heavy (non-hydrogen) atoms. The molecule has 2 rings (SSSR count). The second-order valence-electron chi connectivity index (χ2n) is 6.10. The van der Waals surface area contributed by atoms with Crippen molar-refractivity contribution in [3.63, 3.8) is 0 Å². The largest absolute Gasteiger partial charge is 0.348 e. The van der Waals surface area contributed by atoms with E-state index in [1.54, 1.807) is 0 Å². The molecule has 0 aliphatic rings. The zero-order valence-electron chi connectivity index (χ0n) is 12.6. The number of benzene rings is 2. The third-order valence-electron chi connectivity index (χ3n) is 3.41. The summed E-state index contributed by atoms with van der Waals surface area (Å²) < 4.78 is 0. The van der Waals surface area contributed by atoms with Crippen LogP contribution in [-0.4, -0.2) is 5.91 Å². The van der Waals surface area contributed by atoms with E-state index in [1.165, 1.54) is 5.56 Å². The van der Waals surface area contributed by atoms with Crippen LogP contribution in [0.1, 0.15) is 42.3 Å². The Labute approximate surface area is 131 Å². The molecular weight excluding hydrogens is 282 g/mol. The predicted octanol–water partition coefficient (Wildman–Crippen LogP) is 4.57. The topological polar surface area (TPSA) is 29.1 Å². The first-order valence-corrected chi connectivity index (χ1v) is 7.38. The molecule has 0 aliphatic heterocycles. The van der Waals surface area contributed by atoms with Crippen LogP contribution in [0.3, 0.4) is 0 Å². The highest BCUT2D eigenvalue weighted by Crippen LogP contribution is 2.22. The molecule has 0 atom stereocenters. The maximum atomic E-state index is 12.1. The molecule has 0 heterocycles. The van der Waals surface area contributed by atoms with Crippen LogP contribution >= 0.6 is 11.6 Å². The fraction of sp³-hybridized carbons (Fsp3) is 0.278. The molecule has 0 bridgehead atoms. The van der Waals surface area contributed by atoms with Gasteiger partial charge in [-0.3, -0.25) is 4.79 Å². The van der Waals surface area contributed by atoms with Gasteiger partial charge in [0, 0.05) is 17.1 Å². The van der Waals surface area contributed by atoms with E-state index in [9.17, 15) is 4.79 Å². The van der Waals surface area contributed by atoms with Crippen LogP contribution in [0, 0.1) is 0 Å². The first-order valence-electron chi connectivity index (χ1n) is 7.00. The summed E-state index contributed by atoms with van der Waals surface area (Å²) in [6, 6.07) is 15.2. The van der Waals surface area contributed by atoms with Gasteiger partial charge in [-0.15, -0.1) is 0 Å². The number of rotatable bonds is 3. The van der Waals surface area contributed by atoms with Gasteiger partial charge in [-0.1, -0.05) is 62.7 Å². The van der Waals surface area contributed by atoms with Gasteiger partial charge in [-0.05, 0) is 34.7 Å². The van der Waals surface area contributed by atoms with Crippen molar-refractivity contribution in [2.24, 2.45) is 0 Å². The van der Waals surface area contributed by atoms with Crippen LogP contribution in [0.2, 0.25) is 5.02 Å². The van der Waals surface area contributed by atoms with Crippen molar-refractivity contribution >= 4 is 17.5 Å². The van der Waals surface area contributed by atoms with Crippen LogP contribution in [-0.2, 0) is 12.0 Å². The Kier molecular flexibility index (Phi) is 4.69. The van der Waals surface area contributed by atoms with Gasteiger partial charge < -0.3 is 5.32 Å². The lowest BCUT2D eigenvalue weighted by Gasteiger charge is -2.19. The average molecular weight is 302 g/mol. The molecule has 0 aliphatic carbocycles. The van der Waals surface area contributed by atoms with E-state index in [0.29, 0.717) is 17.1 Å². The minimum atomic E-state index is -0.0876. The zero-order chi connectivity index (χ0) is 15.5. The second-order valence-corrected chi connectivity index (χ2v) is 6.51. The Morgan fingerprint density at radius 2 is 1.67 bits per heavy atom. The lowest BCUT2D eigenvalue weighted by Crippen LogP contribution is -2.23. The molecule has 0 radical (unpaired) electrons. The standard InChI is InChI=1S/C18H20ClNO/c1-18(2,3)15-10-8-13(9-11-15)17(21)20-12-14-6-4-5-7-16(14)19/h4-11H,12H2,1-3H3,(H,20,21). The summed E-state index contributed by atoms with van der Waals surface area (Å²) in [5.41, 5.74) is 2.88. The molecule has 2 nitrogen and oxygen atoms in total. The van der Waals surface area contributed by atoms with Crippen molar-refractivity contribution in [2.45, 2.75) is 32.7 Å². The van der Waals surface area contributed by atoms with Gasteiger partial charge in [0.1, 0.15) is 0 Å². The summed E-state index contributed by atoms with van der Waals surface area (Å²) in [6.07, 6.45) is 0. The normalized spacial score (nSPS) is 11.2. The first kappa shape index (κ1) is 15.6. The van der Waals surface area contributed by atoms with Gasteiger partial charge in [0.05, 0.1) is 0 Å². The molecule has 3 heteroatoms. The number of nitrogens with one attached hydrogen (secondary N) is 1. The van der Waals surface area contributed by atoms with Crippen LogP contribution in [0.15, 0.2) is 48.5 Å². The zero-order valence-corrected chi connectivity index (χ0v) is 13.4.